The second-order valence-corrected chi connectivity index (χ2v) is 8.46. The highest BCUT2D eigenvalue weighted by Gasteiger charge is 2.15. The molecule has 34 heavy (non-hydrogen) atoms. The first-order valence-electron chi connectivity index (χ1n) is 10.5. The zero-order valence-electron chi connectivity index (χ0n) is 17.7. The van der Waals surface area contributed by atoms with E-state index in [0.717, 1.165) is 23.5 Å². The monoisotopic (exact) mass is 478 g/mol. The van der Waals surface area contributed by atoms with E-state index in [4.69, 9.17) is 9.47 Å². The first-order chi connectivity index (χ1) is 16.7. The number of hydrogen-bond donors (Lipinski definition) is 2. The Kier molecular flexibility index (Phi) is 5.11. The molecule has 0 unspecified atom stereocenters. The number of aliphatic hydroxyl groups excluding tert-OH is 1. The smallest absolute Gasteiger partial charge is 0.268 e. The minimum Gasteiger partial charge on any atom is -0.490 e. The Morgan fingerprint density at radius 3 is 2.88 bits per heavy atom. The molecule has 0 saturated carbocycles. The van der Waals surface area contributed by atoms with Crippen molar-refractivity contribution >= 4 is 28.4 Å². The molecule has 172 valence electrons. The van der Waals surface area contributed by atoms with Crippen LogP contribution in [-0.4, -0.2) is 57.7 Å². The topological polar surface area (TPSA) is 145 Å². The second-order valence-electron chi connectivity index (χ2n) is 7.51. The van der Waals surface area contributed by atoms with Crippen molar-refractivity contribution in [3.63, 3.8) is 0 Å². The van der Waals surface area contributed by atoms with Gasteiger partial charge in [-0.15, -0.1) is 10.2 Å². The average Bonchev–Trinajstić information content (AvgIpc) is 3.44. The minimum atomic E-state index is -0.354. The van der Waals surface area contributed by atoms with Gasteiger partial charge in [0.1, 0.15) is 6.61 Å². The molecule has 0 bridgehead atoms. The van der Waals surface area contributed by atoms with Crippen molar-refractivity contribution in [1.29, 1.82) is 0 Å². The van der Waals surface area contributed by atoms with E-state index >= 15 is 0 Å². The normalized spacial score (nSPS) is 13.4. The van der Waals surface area contributed by atoms with Crippen LogP contribution < -0.4 is 15.0 Å². The number of ether oxygens (including phenoxy) is 2. The van der Waals surface area contributed by atoms with Gasteiger partial charge in [0.05, 0.1) is 24.1 Å². The molecule has 0 atom stereocenters. The molecule has 5 aromatic rings. The molecule has 1 aliphatic rings. The third-order valence-electron chi connectivity index (χ3n) is 5.28. The summed E-state index contributed by atoms with van der Waals surface area (Å²) in [7, 11) is 0. The van der Waals surface area contributed by atoms with Gasteiger partial charge in [0.25, 0.3) is 17.3 Å². The molecule has 5 heterocycles. The minimum absolute atomic E-state index is 0.140. The van der Waals surface area contributed by atoms with Gasteiger partial charge in [-0.05, 0) is 23.8 Å². The van der Waals surface area contributed by atoms with Gasteiger partial charge < -0.3 is 14.6 Å². The van der Waals surface area contributed by atoms with E-state index in [1.807, 2.05) is 18.2 Å². The number of benzene rings is 1. The van der Waals surface area contributed by atoms with Gasteiger partial charge in [0.15, 0.2) is 17.3 Å². The molecule has 0 saturated heterocycles. The van der Waals surface area contributed by atoms with Crippen LogP contribution in [0.4, 0.5) is 0 Å². The molecule has 0 aliphatic carbocycles. The number of fused-ring (bicyclic) bond motifs is 4. The molecule has 1 aromatic carbocycles. The maximum Gasteiger partial charge on any atom is 0.268 e. The molecule has 1 aliphatic heterocycles. The lowest BCUT2D eigenvalue weighted by atomic mass is 10.2. The summed E-state index contributed by atoms with van der Waals surface area (Å²) in [5.74, 6) is 2.95. The standard InChI is InChI=1S/C21H18N8O4S/c30-10-17-23-20(26-25-17)28-5-4-14-13(18(28)31)9-22-19-24-21(27-29(14)19)34-11-12-2-3-15-16(8-12)33-7-1-6-32-15/h2-5,8-9,30H,1,6-7,10-11H2,(H,23,25,26). The van der Waals surface area contributed by atoms with Crippen LogP contribution in [0.1, 0.15) is 17.8 Å². The lowest BCUT2D eigenvalue weighted by Crippen LogP contribution is -2.20. The number of aromatic amines is 1. The van der Waals surface area contributed by atoms with Crippen molar-refractivity contribution < 1.29 is 14.6 Å². The summed E-state index contributed by atoms with van der Waals surface area (Å²) in [6, 6.07) is 7.63. The Balaban J connectivity index is 1.29. The number of thioether (sulfide) groups is 1. The van der Waals surface area contributed by atoms with Crippen LogP contribution in [0.3, 0.4) is 0 Å². The molecule has 0 spiro atoms. The van der Waals surface area contributed by atoms with Gasteiger partial charge in [0, 0.05) is 24.6 Å². The van der Waals surface area contributed by atoms with Crippen LogP contribution in [-0.2, 0) is 12.4 Å². The summed E-state index contributed by atoms with van der Waals surface area (Å²) in [6.45, 7) is 0.986. The Morgan fingerprint density at radius 2 is 2.03 bits per heavy atom. The van der Waals surface area contributed by atoms with Crippen molar-refractivity contribution in [2.45, 2.75) is 23.9 Å². The van der Waals surface area contributed by atoms with Crippen LogP contribution in [0.15, 0.2) is 46.6 Å². The Morgan fingerprint density at radius 1 is 1.15 bits per heavy atom. The third-order valence-corrected chi connectivity index (χ3v) is 6.19. The number of aromatic nitrogens is 8. The van der Waals surface area contributed by atoms with Crippen LogP contribution in [0.25, 0.3) is 22.6 Å². The maximum atomic E-state index is 13.0. The first kappa shape index (κ1) is 20.6. The summed E-state index contributed by atoms with van der Waals surface area (Å²) in [5, 5.41) is 21.2. The van der Waals surface area contributed by atoms with Gasteiger partial charge in [-0.25, -0.2) is 9.55 Å². The van der Waals surface area contributed by atoms with Crippen molar-refractivity contribution in [2.75, 3.05) is 13.2 Å². The first-order valence-corrected chi connectivity index (χ1v) is 11.5. The van der Waals surface area contributed by atoms with E-state index < -0.39 is 0 Å². The summed E-state index contributed by atoms with van der Waals surface area (Å²) in [5.41, 5.74) is 1.27. The van der Waals surface area contributed by atoms with Gasteiger partial charge in [0.2, 0.25) is 5.16 Å². The molecule has 13 heteroatoms. The van der Waals surface area contributed by atoms with Crippen LogP contribution >= 0.6 is 11.8 Å². The molecule has 0 amide bonds. The number of nitrogens with one attached hydrogen (secondary N) is 1. The number of nitrogens with zero attached hydrogens (tertiary/aromatic N) is 7. The largest absolute Gasteiger partial charge is 0.490 e. The summed E-state index contributed by atoms with van der Waals surface area (Å²) in [4.78, 5) is 25.9. The Hall–Kier alpha value is -3.97. The van der Waals surface area contributed by atoms with Crippen molar-refractivity contribution in [3.05, 3.63) is 58.4 Å². The number of aliphatic hydroxyl groups is 1. The van der Waals surface area contributed by atoms with Crippen LogP contribution in [0.2, 0.25) is 0 Å². The fourth-order valence-electron chi connectivity index (χ4n) is 3.63. The second kappa shape index (κ2) is 8.43. The molecule has 0 radical (unpaired) electrons. The quantitative estimate of drug-likeness (QED) is 0.356. The fourth-order valence-corrected chi connectivity index (χ4v) is 4.39. The fraction of sp³-hybridized carbons (Fsp3) is 0.238. The van der Waals surface area contributed by atoms with Gasteiger partial charge in [-0.1, -0.05) is 17.8 Å². The lowest BCUT2D eigenvalue weighted by Gasteiger charge is -2.08. The van der Waals surface area contributed by atoms with E-state index in [-0.39, 0.29) is 23.9 Å². The maximum absolute atomic E-state index is 13.0. The molecule has 6 rings (SSSR count). The average molecular weight is 478 g/mol. The summed E-state index contributed by atoms with van der Waals surface area (Å²) < 4.78 is 14.3. The predicted octanol–water partition coefficient (Wildman–Crippen LogP) is 1.49. The number of H-pyrrole nitrogens is 1. The lowest BCUT2D eigenvalue weighted by molar-refractivity contribution is 0.272. The predicted molar refractivity (Wildman–Crippen MR) is 121 cm³/mol. The van der Waals surface area contributed by atoms with Crippen molar-refractivity contribution in [2.24, 2.45) is 0 Å². The molecular weight excluding hydrogens is 460 g/mol. The third kappa shape index (κ3) is 3.64. The van der Waals surface area contributed by atoms with Gasteiger partial charge in [-0.3, -0.25) is 9.89 Å². The van der Waals surface area contributed by atoms with E-state index in [2.05, 4.69) is 30.2 Å². The molecule has 4 aromatic heterocycles. The summed E-state index contributed by atoms with van der Waals surface area (Å²) in [6.07, 6.45) is 3.88. The molecule has 12 nitrogen and oxygen atoms in total. The highest BCUT2D eigenvalue weighted by molar-refractivity contribution is 7.98. The molecule has 0 fully saturated rings. The van der Waals surface area contributed by atoms with E-state index in [9.17, 15) is 9.90 Å². The zero-order valence-corrected chi connectivity index (χ0v) is 18.5. The highest BCUT2D eigenvalue weighted by Crippen LogP contribution is 2.32. The van der Waals surface area contributed by atoms with Gasteiger partial charge in [-0.2, -0.15) is 14.5 Å². The Bertz CT molecular complexity index is 1580. The van der Waals surface area contributed by atoms with Crippen molar-refractivity contribution in [3.8, 4) is 17.4 Å². The number of hydrogen-bond acceptors (Lipinski definition) is 10. The number of pyridine rings is 1. The zero-order chi connectivity index (χ0) is 23.1. The number of rotatable bonds is 5. The van der Waals surface area contributed by atoms with E-state index in [0.29, 0.717) is 40.8 Å². The Labute approximate surface area is 195 Å². The van der Waals surface area contributed by atoms with E-state index in [1.54, 1.807) is 16.8 Å². The van der Waals surface area contributed by atoms with Crippen molar-refractivity contribution in [1.82, 2.24) is 39.3 Å². The summed E-state index contributed by atoms with van der Waals surface area (Å²) >= 11 is 1.46. The molecular formula is C21H18N8O4S. The van der Waals surface area contributed by atoms with E-state index in [1.165, 1.54) is 22.5 Å². The van der Waals surface area contributed by atoms with Crippen LogP contribution in [0.5, 0.6) is 11.5 Å². The molecule has 2 N–H and O–H groups in total. The van der Waals surface area contributed by atoms with Gasteiger partial charge >= 0.3 is 0 Å². The highest BCUT2D eigenvalue weighted by atomic mass is 32.2. The SMILES string of the molecule is O=c1c2cnc3nc(SCc4ccc5c(c4)OCCCO5)nn3c2ccn1-c1n[nH]c(CO)n1. The van der Waals surface area contributed by atoms with Crippen LogP contribution in [0, 0.1) is 0 Å².